The van der Waals surface area contributed by atoms with Gasteiger partial charge in [-0.2, -0.15) is 11.1 Å². The van der Waals surface area contributed by atoms with Crippen LogP contribution >= 0.6 is 0 Å². The van der Waals surface area contributed by atoms with Crippen molar-refractivity contribution in [3.63, 3.8) is 0 Å². The molecule has 2 aromatic carbocycles. The van der Waals surface area contributed by atoms with Crippen LogP contribution in [0.2, 0.25) is 11.5 Å². The topological polar surface area (TPSA) is 23.8 Å². The maximum absolute atomic E-state index is 14.0. The fraction of sp³-hybridized carbons (Fsp3) is 0.515. The molecular formula is C33H45FGeHfN-2. The summed E-state index contributed by atoms with van der Waals surface area (Å²) in [6.07, 6.45) is 8.61. The molecule has 7 rings (SSSR count). The monoisotopic (exact) mass is 728 g/mol. The maximum atomic E-state index is 14.0. The number of alkyl halides is 1. The van der Waals surface area contributed by atoms with Gasteiger partial charge in [0.25, 0.3) is 0 Å². The van der Waals surface area contributed by atoms with Gasteiger partial charge in [-0.1, -0.05) is 100 Å². The van der Waals surface area contributed by atoms with Crippen LogP contribution in [0, 0.1) is 23.8 Å². The largest absolute Gasteiger partial charge is 0.672 e. The second-order valence-corrected chi connectivity index (χ2v) is 13.9. The molecule has 4 fully saturated rings. The van der Waals surface area contributed by atoms with Crippen LogP contribution in [-0.2, 0) is 25.8 Å². The summed E-state index contributed by atoms with van der Waals surface area (Å²) in [5, 5.41) is 0. The minimum Gasteiger partial charge on any atom is -0.672 e. The van der Waals surface area contributed by atoms with Crippen LogP contribution in [-0.4, -0.2) is 26.6 Å². The molecule has 3 atom stereocenters. The fourth-order valence-corrected chi connectivity index (χ4v) is 6.57. The Morgan fingerprint density at radius 2 is 1.27 bits per heavy atom. The van der Waals surface area contributed by atoms with Gasteiger partial charge in [-0.25, -0.2) is 9.96 Å². The maximum Gasteiger partial charge on any atom is 0.110 e. The van der Waals surface area contributed by atoms with Gasteiger partial charge in [0.05, 0.1) is 0 Å². The summed E-state index contributed by atoms with van der Waals surface area (Å²) in [4.78, 5) is 0. The van der Waals surface area contributed by atoms with Crippen molar-refractivity contribution in [3.05, 3.63) is 89.2 Å². The summed E-state index contributed by atoms with van der Waals surface area (Å²) >= 11 is 0.312. The molecule has 0 amide bonds. The SMILES string of the molecule is CC1=[C-]C(C)C(C)=C1C.[CH3][GeH][CH3].[Hf].[NH-]C12CC3CC(C1)CC(F)(C3)C2.c1ccc(-c2ccccc2)cc1. The Kier molecular flexibility index (Phi) is 12.8. The molecule has 4 bridgehead atoms. The Morgan fingerprint density at radius 3 is 1.54 bits per heavy atom. The van der Waals surface area contributed by atoms with Gasteiger partial charge in [-0.3, -0.25) is 6.08 Å². The third-order valence-corrected chi connectivity index (χ3v) is 8.11. The zero-order valence-corrected chi connectivity index (χ0v) is 29.7. The summed E-state index contributed by atoms with van der Waals surface area (Å²) < 4.78 is 14.0. The molecule has 4 saturated carbocycles. The molecule has 0 saturated heterocycles. The predicted octanol–water partition coefficient (Wildman–Crippen LogP) is 9.69. The standard InChI is InChI=1S/C12H10.C10H15FN.C9H13.C2H7Ge.Hf/c1-3-7-11(8-4-1)12-9-5-2-6-10-12;11-9-2-7-1-8(3-9)5-10(12,4-7)6-9;1-6-5-7(2)9(4)8(6)3;1-3-2;/h1-10H;7-8,12H,1-6H2;6H,1-4H3;3H,1-2H3;/q;2*-1;;. The molecule has 0 aromatic heterocycles. The average molecular weight is 726 g/mol. The van der Waals surface area contributed by atoms with Gasteiger partial charge in [0, 0.05) is 25.8 Å². The van der Waals surface area contributed by atoms with Gasteiger partial charge in [-0.05, 0) is 48.6 Å². The van der Waals surface area contributed by atoms with Crippen molar-refractivity contribution in [2.45, 2.75) is 88.9 Å². The Labute approximate surface area is 251 Å². The van der Waals surface area contributed by atoms with Crippen LogP contribution in [0.3, 0.4) is 0 Å². The molecule has 4 heteroatoms. The Bertz CT molecular complexity index is 961. The Balaban J connectivity index is 0.000000185. The number of nitrogens with one attached hydrogen (secondary N) is 1. The first kappa shape index (κ1) is 32.4. The van der Waals surface area contributed by atoms with Gasteiger partial charge in [0.1, 0.15) is 5.67 Å². The van der Waals surface area contributed by atoms with Crippen LogP contribution < -0.4 is 0 Å². The molecule has 1 radical (unpaired) electrons. The second kappa shape index (κ2) is 14.6. The van der Waals surface area contributed by atoms with Gasteiger partial charge in [0.15, 0.2) is 0 Å². The van der Waals surface area contributed by atoms with Crippen LogP contribution in [0.1, 0.15) is 66.2 Å². The van der Waals surface area contributed by atoms with Crippen molar-refractivity contribution < 1.29 is 30.2 Å². The summed E-state index contributed by atoms with van der Waals surface area (Å²) in [5.41, 5.74) is 13.6. The number of rotatable bonds is 1. The Hall–Kier alpha value is -0.777. The van der Waals surface area contributed by atoms with Crippen LogP contribution in [0.15, 0.2) is 77.4 Å². The second-order valence-electron chi connectivity index (χ2n) is 11.5. The summed E-state index contributed by atoms with van der Waals surface area (Å²) in [6, 6.07) is 20.8. The first-order chi connectivity index (χ1) is 17.1. The van der Waals surface area contributed by atoms with Crippen molar-refractivity contribution in [2.24, 2.45) is 17.8 Å². The first-order valence-corrected chi connectivity index (χ1v) is 18.5. The molecule has 1 nitrogen and oxygen atoms in total. The van der Waals surface area contributed by atoms with Crippen molar-refractivity contribution in [3.8, 4) is 11.1 Å². The van der Waals surface area contributed by atoms with Crippen molar-refractivity contribution in [2.75, 3.05) is 0 Å². The fourth-order valence-electron chi connectivity index (χ4n) is 6.57. The summed E-state index contributed by atoms with van der Waals surface area (Å²) in [7, 11) is 0. The molecule has 5 aliphatic rings. The molecule has 0 spiro atoms. The molecule has 0 heterocycles. The van der Waals surface area contributed by atoms with E-state index < -0.39 is 5.67 Å². The normalized spacial score (nSPS) is 30.5. The molecule has 5 aliphatic carbocycles. The molecular weight excluding hydrogens is 680 g/mol. The van der Waals surface area contributed by atoms with Crippen LogP contribution in [0.5, 0.6) is 0 Å². The number of halogens is 1. The van der Waals surface area contributed by atoms with E-state index >= 15 is 0 Å². The van der Waals surface area contributed by atoms with E-state index in [0.29, 0.717) is 39.6 Å². The molecule has 3 unspecified atom stereocenters. The van der Waals surface area contributed by atoms with E-state index in [4.69, 9.17) is 5.73 Å². The van der Waals surface area contributed by atoms with E-state index in [1.807, 2.05) is 12.1 Å². The summed E-state index contributed by atoms with van der Waals surface area (Å²) in [6.45, 7) is 8.67. The van der Waals surface area contributed by atoms with Gasteiger partial charge in [0.2, 0.25) is 0 Å². The van der Waals surface area contributed by atoms with E-state index in [1.165, 1.54) is 34.3 Å². The third-order valence-electron chi connectivity index (χ3n) is 8.11. The van der Waals surface area contributed by atoms with E-state index in [1.54, 1.807) is 0 Å². The van der Waals surface area contributed by atoms with Crippen molar-refractivity contribution >= 4 is 15.4 Å². The quantitative estimate of drug-likeness (QED) is 0.207. The average Bonchev–Trinajstić information content (AvgIpc) is 3.04. The zero-order valence-electron chi connectivity index (χ0n) is 23.7. The first-order valence-electron chi connectivity index (χ1n) is 13.6. The smallest absolute Gasteiger partial charge is 0.110 e. The number of benzene rings is 2. The minimum atomic E-state index is -0.925. The van der Waals surface area contributed by atoms with E-state index in [2.05, 4.69) is 93.8 Å². The zero-order chi connectivity index (χ0) is 26.3. The van der Waals surface area contributed by atoms with E-state index in [0.717, 1.165) is 25.7 Å². The minimum absolute atomic E-state index is 0. The number of hydrogen-bond acceptors (Lipinski definition) is 0. The number of hydrogen-bond donors (Lipinski definition) is 0. The number of allylic oxidation sites excluding steroid dienone is 4. The van der Waals surface area contributed by atoms with Crippen LogP contribution in [0.4, 0.5) is 4.39 Å². The van der Waals surface area contributed by atoms with Gasteiger partial charge >= 0.3 is 26.9 Å². The van der Waals surface area contributed by atoms with Gasteiger partial charge < -0.3 is 5.73 Å². The van der Waals surface area contributed by atoms with E-state index in [9.17, 15) is 4.39 Å². The predicted molar refractivity (Wildman–Crippen MR) is 156 cm³/mol. The summed E-state index contributed by atoms with van der Waals surface area (Å²) in [5.74, 6) is 6.22. The van der Waals surface area contributed by atoms with E-state index in [-0.39, 0.29) is 31.4 Å². The molecule has 0 aliphatic heterocycles. The third kappa shape index (κ3) is 9.14. The molecule has 2 aromatic rings. The van der Waals surface area contributed by atoms with Gasteiger partial charge in [-0.15, -0.1) is 12.5 Å². The van der Waals surface area contributed by atoms with Crippen molar-refractivity contribution in [1.82, 2.24) is 0 Å². The Morgan fingerprint density at radius 1 is 0.838 bits per heavy atom. The van der Waals surface area contributed by atoms with Crippen molar-refractivity contribution in [1.29, 1.82) is 0 Å². The van der Waals surface area contributed by atoms with Crippen LogP contribution in [0.25, 0.3) is 16.9 Å². The molecule has 1 N–H and O–H groups in total. The molecule has 199 valence electrons. The molecule has 37 heavy (non-hydrogen) atoms.